The fourth-order valence-corrected chi connectivity index (χ4v) is 1.25. The van der Waals surface area contributed by atoms with Crippen LogP contribution >= 0.6 is 0 Å². The molecule has 0 amide bonds. The third-order valence-corrected chi connectivity index (χ3v) is 2.03. The van der Waals surface area contributed by atoms with E-state index < -0.39 is 12.5 Å². The Morgan fingerprint density at radius 2 is 2.00 bits per heavy atom. The average molecular weight is 252 g/mol. The van der Waals surface area contributed by atoms with Gasteiger partial charge in [0.05, 0.1) is 0 Å². The van der Waals surface area contributed by atoms with Gasteiger partial charge in [-0.2, -0.15) is 17.6 Å². The molecule has 0 saturated carbocycles. The summed E-state index contributed by atoms with van der Waals surface area (Å²) in [5.41, 5.74) is 0.640. The SMILES string of the molecule is OCCCc1cccc(OC(F)(F)C(F)F)c1. The second kappa shape index (κ2) is 5.86. The average Bonchev–Trinajstić information content (AvgIpc) is 2.26. The summed E-state index contributed by atoms with van der Waals surface area (Å²) in [7, 11) is 0. The zero-order chi connectivity index (χ0) is 12.9. The number of benzene rings is 1. The first-order valence-electron chi connectivity index (χ1n) is 5.00. The van der Waals surface area contributed by atoms with Crippen molar-refractivity contribution in [3.8, 4) is 5.75 Å². The molecule has 0 spiro atoms. The van der Waals surface area contributed by atoms with Gasteiger partial charge in [0.25, 0.3) is 0 Å². The van der Waals surface area contributed by atoms with E-state index in [9.17, 15) is 17.6 Å². The van der Waals surface area contributed by atoms with E-state index in [1.165, 1.54) is 18.2 Å². The Morgan fingerprint density at radius 3 is 2.59 bits per heavy atom. The van der Waals surface area contributed by atoms with E-state index in [4.69, 9.17) is 5.11 Å². The molecule has 0 bridgehead atoms. The van der Waals surface area contributed by atoms with Gasteiger partial charge >= 0.3 is 12.5 Å². The quantitative estimate of drug-likeness (QED) is 0.789. The molecule has 0 saturated heterocycles. The van der Waals surface area contributed by atoms with Gasteiger partial charge in [-0.25, -0.2) is 0 Å². The number of alkyl halides is 4. The van der Waals surface area contributed by atoms with E-state index >= 15 is 0 Å². The molecule has 0 aromatic heterocycles. The summed E-state index contributed by atoms with van der Waals surface area (Å²) >= 11 is 0. The summed E-state index contributed by atoms with van der Waals surface area (Å²) < 4.78 is 52.9. The molecular weight excluding hydrogens is 240 g/mol. The topological polar surface area (TPSA) is 29.5 Å². The first-order chi connectivity index (χ1) is 7.95. The molecule has 0 heterocycles. The van der Waals surface area contributed by atoms with Crippen molar-refractivity contribution >= 4 is 0 Å². The molecule has 1 aromatic rings. The van der Waals surface area contributed by atoms with Crippen LogP contribution in [-0.4, -0.2) is 24.2 Å². The van der Waals surface area contributed by atoms with Crippen LogP contribution in [-0.2, 0) is 6.42 Å². The minimum atomic E-state index is -4.49. The predicted molar refractivity (Wildman–Crippen MR) is 53.4 cm³/mol. The molecule has 1 N–H and O–H groups in total. The molecule has 1 rings (SSSR count). The van der Waals surface area contributed by atoms with Crippen LogP contribution in [0.2, 0.25) is 0 Å². The normalized spacial score (nSPS) is 11.9. The Morgan fingerprint density at radius 1 is 1.29 bits per heavy atom. The van der Waals surface area contributed by atoms with Gasteiger partial charge in [-0.1, -0.05) is 12.1 Å². The molecule has 2 nitrogen and oxygen atoms in total. The molecule has 96 valence electrons. The number of rotatable bonds is 6. The van der Waals surface area contributed by atoms with Crippen LogP contribution in [0.3, 0.4) is 0 Å². The monoisotopic (exact) mass is 252 g/mol. The van der Waals surface area contributed by atoms with E-state index in [1.807, 2.05) is 0 Å². The van der Waals surface area contributed by atoms with Crippen LogP contribution in [0.4, 0.5) is 17.6 Å². The van der Waals surface area contributed by atoms with E-state index in [1.54, 1.807) is 6.07 Å². The minimum absolute atomic E-state index is 0.0295. The third-order valence-electron chi connectivity index (χ3n) is 2.03. The summed E-state index contributed by atoms with van der Waals surface area (Å²) in [6, 6.07) is 5.51. The number of aryl methyl sites for hydroxylation is 1. The summed E-state index contributed by atoms with van der Waals surface area (Å²) in [5.74, 6) is -0.314. The predicted octanol–water partition coefficient (Wildman–Crippen LogP) is 2.85. The van der Waals surface area contributed by atoms with E-state index in [0.29, 0.717) is 18.4 Å². The summed E-state index contributed by atoms with van der Waals surface area (Å²) in [6.45, 7) is -0.0295. The van der Waals surface area contributed by atoms with Crippen molar-refractivity contribution in [2.24, 2.45) is 0 Å². The summed E-state index contributed by atoms with van der Waals surface area (Å²) in [4.78, 5) is 0. The van der Waals surface area contributed by atoms with Gasteiger partial charge in [0.1, 0.15) is 5.75 Å². The minimum Gasteiger partial charge on any atom is -0.428 e. The summed E-state index contributed by atoms with van der Waals surface area (Å²) in [6.07, 6.45) is -7.43. The number of aliphatic hydroxyl groups is 1. The van der Waals surface area contributed by atoms with Gasteiger partial charge in [0.2, 0.25) is 0 Å². The maximum atomic E-state index is 12.6. The Hall–Kier alpha value is -1.30. The van der Waals surface area contributed by atoms with E-state index in [0.717, 1.165) is 0 Å². The number of ether oxygens (including phenoxy) is 1. The molecule has 0 aliphatic heterocycles. The van der Waals surface area contributed by atoms with Crippen molar-refractivity contribution in [1.82, 2.24) is 0 Å². The molecular formula is C11H12F4O2. The van der Waals surface area contributed by atoms with Gasteiger partial charge in [-0.3, -0.25) is 0 Å². The highest BCUT2D eigenvalue weighted by Crippen LogP contribution is 2.27. The Labute approximate surface area is 95.8 Å². The molecule has 0 radical (unpaired) electrons. The van der Waals surface area contributed by atoms with Gasteiger partial charge in [0, 0.05) is 6.61 Å². The largest absolute Gasteiger partial charge is 0.461 e. The highest BCUT2D eigenvalue weighted by atomic mass is 19.3. The van der Waals surface area contributed by atoms with Gasteiger partial charge in [0.15, 0.2) is 0 Å². The molecule has 0 aliphatic carbocycles. The first kappa shape index (κ1) is 13.8. The van der Waals surface area contributed by atoms with Crippen molar-refractivity contribution in [2.45, 2.75) is 25.4 Å². The van der Waals surface area contributed by atoms with Crippen molar-refractivity contribution in [3.05, 3.63) is 29.8 Å². The molecule has 1 aromatic carbocycles. The summed E-state index contributed by atoms with van der Waals surface area (Å²) in [5, 5.41) is 8.61. The highest BCUT2D eigenvalue weighted by Gasteiger charge is 2.43. The zero-order valence-electron chi connectivity index (χ0n) is 8.88. The smallest absolute Gasteiger partial charge is 0.428 e. The lowest BCUT2D eigenvalue weighted by Gasteiger charge is -2.17. The lowest BCUT2D eigenvalue weighted by molar-refractivity contribution is -0.253. The van der Waals surface area contributed by atoms with E-state index in [2.05, 4.69) is 4.74 Å². The molecule has 0 fully saturated rings. The van der Waals surface area contributed by atoms with Gasteiger partial charge in [-0.15, -0.1) is 0 Å². The number of aliphatic hydroxyl groups excluding tert-OH is 1. The fourth-order valence-electron chi connectivity index (χ4n) is 1.25. The van der Waals surface area contributed by atoms with Crippen molar-refractivity contribution in [2.75, 3.05) is 6.61 Å². The van der Waals surface area contributed by atoms with Crippen LogP contribution in [0.25, 0.3) is 0 Å². The van der Waals surface area contributed by atoms with Crippen LogP contribution in [0, 0.1) is 0 Å². The van der Waals surface area contributed by atoms with E-state index in [-0.39, 0.29) is 12.4 Å². The molecule has 6 heteroatoms. The lowest BCUT2D eigenvalue weighted by Crippen LogP contribution is -2.33. The Balaban J connectivity index is 2.71. The molecule has 0 atom stereocenters. The first-order valence-corrected chi connectivity index (χ1v) is 5.00. The van der Waals surface area contributed by atoms with Gasteiger partial charge in [-0.05, 0) is 30.5 Å². The highest BCUT2D eigenvalue weighted by molar-refractivity contribution is 5.28. The molecule has 17 heavy (non-hydrogen) atoms. The van der Waals surface area contributed by atoms with Crippen molar-refractivity contribution in [1.29, 1.82) is 0 Å². The van der Waals surface area contributed by atoms with Crippen LogP contribution in [0.5, 0.6) is 5.75 Å². The van der Waals surface area contributed by atoms with Crippen LogP contribution < -0.4 is 4.74 Å². The number of hydrogen-bond acceptors (Lipinski definition) is 2. The van der Waals surface area contributed by atoms with Crippen LogP contribution in [0.1, 0.15) is 12.0 Å². The van der Waals surface area contributed by atoms with Crippen molar-refractivity contribution in [3.63, 3.8) is 0 Å². The maximum absolute atomic E-state index is 12.6. The fraction of sp³-hybridized carbons (Fsp3) is 0.455. The lowest BCUT2D eigenvalue weighted by atomic mass is 10.1. The second-order valence-electron chi connectivity index (χ2n) is 3.44. The Kier molecular flexibility index (Phi) is 4.74. The molecule has 0 unspecified atom stereocenters. The number of halogens is 4. The molecule has 0 aliphatic rings. The number of hydrogen-bond donors (Lipinski definition) is 1. The zero-order valence-corrected chi connectivity index (χ0v) is 8.88. The second-order valence-corrected chi connectivity index (χ2v) is 3.44. The maximum Gasteiger partial charge on any atom is 0.461 e. The van der Waals surface area contributed by atoms with Gasteiger partial charge < -0.3 is 9.84 Å². The third kappa shape index (κ3) is 4.22. The van der Waals surface area contributed by atoms with Crippen molar-refractivity contribution < 1.29 is 27.4 Å². The standard InChI is InChI=1S/C11H12F4O2/c12-10(13)11(14,15)17-9-5-1-3-8(7-9)4-2-6-16/h1,3,5,7,10,16H,2,4,6H2. The Bertz CT molecular complexity index is 355. The van der Waals surface area contributed by atoms with Crippen LogP contribution in [0.15, 0.2) is 24.3 Å².